The van der Waals surface area contributed by atoms with E-state index in [0.717, 1.165) is 62.6 Å². The molecule has 1 aromatic rings. The van der Waals surface area contributed by atoms with Gasteiger partial charge in [-0.15, -0.1) is 0 Å². The number of benzene rings is 1. The van der Waals surface area contributed by atoms with Gasteiger partial charge in [-0.2, -0.15) is 0 Å². The first kappa shape index (κ1) is 24.9. The normalized spacial score (nSPS) is 31.6. The predicted octanol–water partition coefficient (Wildman–Crippen LogP) is 4.04. The fraction of sp³-hybridized carbons (Fsp3) is 0.793. The number of hydrogen-bond acceptors (Lipinski definition) is 7. The number of aliphatic hydroxyl groups is 1. The van der Waals surface area contributed by atoms with Crippen LogP contribution in [0.2, 0.25) is 0 Å². The van der Waals surface area contributed by atoms with E-state index in [4.69, 9.17) is 23.7 Å². The summed E-state index contributed by atoms with van der Waals surface area (Å²) in [4.78, 5) is 2.68. The van der Waals surface area contributed by atoms with Crippen LogP contribution in [-0.2, 0) is 20.6 Å². The molecular formula is C29H43NO6. The summed E-state index contributed by atoms with van der Waals surface area (Å²) in [6.07, 6.45) is 7.69. The minimum Gasteiger partial charge on any atom is -0.490 e. The molecule has 1 spiro atoms. The van der Waals surface area contributed by atoms with E-state index in [1.807, 2.05) is 0 Å². The molecule has 7 heteroatoms. The zero-order valence-electron chi connectivity index (χ0n) is 22.0. The van der Waals surface area contributed by atoms with Gasteiger partial charge >= 0.3 is 0 Å². The van der Waals surface area contributed by atoms with Crippen LogP contribution in [0, 0.1) is 5.92 Å². The molecule has 1 N–H and O–H groups in total. The molecule has 7 nitrogen and oxygen atoms in total. The topological polar surface area (TPSA) is 69.6 Å². The number of aliphatic hydroxyl groups excluding tert-OH is 1. The smallest absolute Gasteiger partial charge is 0.206 e. The summed E-state index contributed by atoms with van der Waals surface area (Å²) in [5.74, 6) is 1.78. The van der Waals surface area contributed by atoms with Crippen LogP contribution in [0.5, 0.6) is 11.5 Å². The number of rotatable bonds is 12. The number of ether oxygens (including phenoxy) is 5. The van der Waals surface area contributed by atoms with E-state index in [9.17, 15) is 5.11 Å². The van der Waals surface area contributed by atoms with Crippen molar-refractivity contribution in [3.63, 3.8) is 0 Å². The van der Waals surface area contributed by atoms with Gasteiger partial charge in [-0.25, -0.2) is 0 Å². The highest BCUT2D eigenvalue weighted by Crippen LogP contribution is 2.63. The average molecular weight is 502 g/mol. The van der Waals surface area contributed by atoms with E-state index >= 15 is 0 Å². The molecule has 2 aliphatic heterocycles. The Balaban J connectivity index is 1.45. The van der Waals surface area contributed by atoms with Gasteiger partial charge in [0.05, 0.1) is 31.3 Å². The van der Waals surface area contributed by atoms with Crippen LogP contribution >= 0.6 is 0 Å². The van der Waals surface area contributed by atoms with E-state index in [1.54, 1.807) is 0 Å². The van der Waals surface area contributed by atoms with Crippen molar-refractivity contribution in [3.05, 3.63) is 23.3 Å². The maximum absolute atomic E-state index is 9.59. The van der Waals surface area contributed by atoms with Crippen LogP contribution in [0.15, 0.2) is 12.1 Å². The van der Waals surface area contributed by atoms with Crippen LogP contribution in [0.1, 0.15) is 75.8 Å². The summed E-state index contributed by atoms with van der Waals surface area (Å²) >= 11 is 0. The van der Waals surface area contributed by atoms with Gasteiger partial charge in [0, 0.05) is 37.8 Å². The largest absolute Gasteiger partial charge is 0.490 e. The molecule has 2 saturated carbocycles. The van der Waals surface area contributed by atoms with Crippen LogP contribution in [-0.4, -0.2) is 79.7 Å². The first-order valence-corrected chi connectivity index (χ1v) is 14.4. The van der Waals surface area contributed by atoms with Crippen molar-refractivity contribution in [1.29, 1.82) is 0 Å². The molecular weight excluding hydrogens is 458 g/mol. The highest BCUT2D eigenvalue weighted by molar-refractivity contribution is 5.59. The Morgan fingerprint density at radius 2 is 1.92 bits per heavy atom. The fourth-order valence-corrected chi connectivity index (χ4v) is 7.22. The number of hydrogen-bond donors (Lipinski definition) is 1. The van der Waals surface area contributed by atoms with Gasteiger partial charge in [0.25, 0.3) is 0 Å². The Hall–Kier alpha value is -1.38. The van der Waals surface area contributed by atoms with Crippen LogP contribution < -0.4 is 9.47 Å². The van der Waals surface area contributed by atoms with Crippen LogP contribution in [0.4, 0.5) is 0 Å². The first-order chi connectivity index (χ1) is 17.7. The van der Waals surface area contributed by atoms with Gasteiger partial charge in [-0.05, 0) is 62.6 Å². The Morgan fingerprint density at radius 1 is 1.08 bits per heavy atom. The Labute approximate surface area is 215 Å². The van der Waals surface area contributed by atoms with Gasteiger partial charge < -0.3 is 28.8 Å². The third-order valence-corrected chi connectivity index (χ3v) is 9.15. The van der Waals surface area contributed by atoms with Crippen molar-refractivity contribution in [1.82, 2.24) is 4.90 Å². The average Bonchev–Trinajstić information content (AvgIpc) is 3.41. The minimum atomic E-state index is -0.735. The lowest BCUT2D eigenvalue weighted by Crippen LogP contribution is -2.68. The summed E-state index contributed by atoms with van der Waals surface area (Å²) in [5.41, 5.74) is 2.18. The monoisotopic (exact) mass is 501 g/mol. The van der Waals surface area contributed by atoms with E-state index in [-0.39, 0.29) is 24.7 Å². The lowest BCUT2D eigenvalue weighted by Gasteiger charge is -2.57. The molecule has 200 valence electrons. The van der Waals surface area contributed by atoms with Gasteiger partial charge in [-0.1, -0.05) is 26.3 Å². The quantitative estimate of drug-likeness (QED) is 0.434. The second kappa shape index (κ2) is 10.1. The highest BCUT2D eigenvalue weighted by Gasteiger charge is 2.69. The van der Waals surface area contributed by atoms with Gasteiger partial charge in [0.15, 0.2) is 17.6 Å². The van der Waals surface area contributed by atoms with Crippen molar-refractivity contribution in [2.45, 2.75) is 94.7 Å². The lowest BCUT2D eigenvalue weighted by molar-refractivity contribution is -0.271. The second-order valence-corrected chi connectivity index (χ2v) is 11.3. The lowest BCUT2D eigenvalue weighted by atomic mass is 9.60. The third-order valence-electron chi connectivity index (χ3n) is 9.15. The summed E-state index contributed by atoms with van der Waals surface area (Å²) in [6.45, 7) is 9.16. The predicted molar refractivity (Wildman–Crippen MR) is 136 cm³/mol. The second-order valence-electron chi connectivity index (χ2n) is 11.3. The van der Waals surface area contributed by atoms with Gasteiger partial charge in [-0.3, -0.25) is 4.90 Å². The Morgan fingerprint density at radius 3 is 2.64 bits per heavy atom. The van der Waals surface area contributed by atoms with Gasteiger partial charge in [0.1, 0.15) is 0 Å². The fourth-order valence-electron chi connectivity index (χ4n) is 7.22. The summed E-state index contributed by atoms with van der Waals surface area (Å²) in [7, 11) is 0. The van der Waals surface area contributed by atoms with E-state index < -0.39 is 11.4 Å². The van der Waals surface area contributed by atoms with Crippen LogP contribution in [0.25, 0.3) is 0 Å². The molecule has 3 fully saturated rings. The van der Waals surface area contributed by atoms with Crippen molar-refractivity contribution in [2.75, 3.05) is 46.1 Å². The molecule has 0 aromatic heterocycles. The molecule has 1 unspecified atom stereocenters. The molecule has 6 rings (SSSR count). The number of likely N-dealkylation sites (N-methyl/N-ethyl adjacent to an activating group) is 1. The molecule has 5 aliphatic rings. The Kier molecular flexibility index (Phi) is 6.97. The maximum Gasteiger partial charge on any atom is 0.206 e. The maximum atomic E-state index is 9.59. The van der Waals surface area contributed by atoms with Crippen molar-refractivity contribution >= 4 is 0 Å². The number of unbranched alkanes of at least 4 members (excludes halogenated alkanes) is 1. The van der Waals surface area contributed by atoms with E-state index in [2.05, 4.69) is 30.9 Å². The minimum absolute atomic E-state index is 0.00905. The molecule has 0 radical (unpaired) electrons. The van der Waals surface area contributed by atoms with Crippen LogP contribution in [0.3, 0.4) is 0 Å². The van der Waals surface area contributed by atoms with Gasteiger partial charge in [0.2, 0.25) is 5.79 Å². The molecule has 36 heavy (non-hydrogen) atoms. The number of fused-ring (bicyclic) bond motifs is 1. The summed E-state index contributed by atoms with van der Waals surface area (Å²) < 4.78 is 32.8. The highest BCUT2D eigenvalue weighted by atomic mass is 16.8. The van der Waals surface area contributed by atoms with Crippen molar-refractivity contribution in [3.8, 4) is 11.5 Å². The molecule has 1 saturated heterocycles. The molecule has 3 aliphatic carbocycles. The molecule has 2 heterocycles. The third kappa shape index (κ3) is 4.06. The summed E-state index contributed by atoms with van der Waals surface area (Å²) in [5, 5.41) is 9.59. The zero-order valence-corrected chi connectivity index (χ0v) is 22.0. The van der Waals surface area contributed by atoms with E-state index in [1.165, 1.54) is 24.0 Å². The van der Waals surface area contributed by atoms with Crippen molar-refractivity contribution in [2.24, 2.45) is 5.92 Å². The van der Waals surface area contributed by atoms with Crippen molar-refractivity contribution < 1.29 is 28.8 Å². The first-order valence-electron chi connectivity index (χ1n) is 14.4. The SMILES string of the molecule is CCCCOc1ccc2c3c1O[C@@H]1C3[C@@](OCCCO)(CCC13OCCO3)[C@H](N(CC)CC1CC1)C2. The molecule has 1 aromatic carbocycles. The summed E-state index contributed by atoms with van der Waals surface area (Å²) in [6, 6.07) is 4.62. The Bertz CT molecular complexity index is 929. The standard InChI is InChI=1S/C29H43NO6/c1-3-5-14-32-22-10-9-21-18-23(30(4-2)19-20-7-8-20)28(33-15-6-13-31)11-12-29(34-16-17-35-29)27-25(28)24(21)26(22)36-27/h9-10,20,23,25,27,31H,3-8,11-19H2,1-2H3/t23-,25?,27-,28-/m1/s1. The molecule has 0 amide bonds. The zero-order chi connectivity index (χ0) is 24.8. The molecule has 4 atom stereocenters. The van der Waals surface area contributed by atoms with E-state index in [0.29, 0.717) is 32.8 Å². The number of nitrogens with zero attached hydrogens (tertiary/aromatic N) is 1. The molecule has 0 bridgehead atoms.